The van der Waals surface area contributed by atoms with E-state index in [0.717, 1.165) is 30.8 Å². The molecule has 1 heterocycles. The molecule has 0 radical (unpaired) electrons. The Kier molecular flexibility index (Phi) is 4.55. The van der Waals surface area contributed by atoms with Gasteiger partial charge in [0.1, 0.15) is 0 Å². The van der Waals surface area contributed by atoms with Crippen molar-refractivity contribution in [2.24, 2.45) is 0 Å². The second kappa shape index (κ2) is 5.72. The molecule has 1 aromatic rings. The van der Waals surface area contributed by atoms with Crippen LogP contribution in [0.15, 0.2) is 12.1 Å². The Morgan fingerprint density at radius 2 is 2.36 bits per heavy atom. The van der Waals surface area contributed by atoms with Crippen LogP contribution in [-0.4, -0.2) is 11.5 Å². The lowest BCUT2D eigenvalue weighted by Gasteiger charge is -1.99. The zero-order valence-electron chi connectivity index (χ0n) is 8.16. The van der Waals surface area contributed by atoms with E-state index in [1.165, 1.54) is 11.3 Å². The van der Waals surface area contributed by atoms with Crippen molar-refractivity contribution in [2.75, 3.05) is 6.54 Å². The number of nitrogens with zero attached hydrogens (tertiary/aromatic N) is 1. The number of rotatable bonds is 6. The molecule has 1 rings (SSSR count). The minimum absolute atomic E-state index is 0.220. The summed E-state index contributed by atoms with van der Waals surface area (Å²) >= 11 is 1.24. The molecule has 0 aliphatic carbocycles. The SMILES string of the molecule is CCCCNCc1ccc([N+](=O)[O-])s1. The third-order valence-electron chi connectivity index (χ3n) is 1.83. The van der Waals surface area contributed by atoms with E-state index < -0.39 is 0 Å². The van der Waals surface area contributed by atoms with E-state index in [9.17, 15) is 10.1 Å². The quantitative estimate of drug-likeness (QED) is 0.450. The molecule has 0 saturated heterocycles. The van der Waals surface area contributed by atoms with Gasteiger partial charge in [0.25, 0.3) is 0 Å². The molecule has 0 saturated carbocycles. The summed E-state index contributed by atoms with van der Waals surface area (Å²) in [6, 6.07) is 3.36. The van der Waals surface area contributed by atoms with Gasteiger partial charge in [-0.1, -0.05) is 24.7 Å². The van der Waals surface area contributed by atoms with E-state index >= 15 is 0 Å². The van der Waals surface area contributed by atoms with Crippen LogP contribution in [0.3, 0.4) is 0 Å². The fourth-order valence-electron chi connectivity index (χ4n) is 1.07. The molecule has 1 aromatic heterocycles. The number of unbranched alkanes of at least 4 members (excludes halogenated alkanes) is 1. The predicted molar refractivity (Wildman–Crippen MR) is 57.6 cm³/mol. The van der Waals surface area contributed by atoms with Crippen LogP contribution >= 0.6 is 11.3 Å². The van der Waals surface area contributed by atoms with Crippen molar-refractivity contribution in [3.8, 4) is 0 Å². The fraction of sp³-hybridized carbons (Fsp3) is 0.556. The Bertz CT molecular complexity index is 299. The lowest BCUT2D eigenvalue weighted by Crippen LogP contribution is -2.13. The largest absolute Gasteiger partial charge is 0.324 e. The Balaban J connectivity index is 2.33. The van der Waals surface area contributed by atoms with Gasteiger partial charge >= 0.3 is 5.00 Å². The van der Waals surface area contributed by atoms with E-state index in [0.29, 0.717) is 0 Å². The monoisotopic (exact) mass is 214 g/mol. The fourth-order valence-corrected chi connectivity index (χ4v) is 1.86. The minimum atomic E-state index is -0.347. The maximum Gasteiger partial charge on any atom is 0.324 e. The van der Waals surface area contributed by atoms with Crippen molar-refractivity contribution in [2.45, 2.75) is 26.3 Å². The van der Waals surface area contributed by atoms with E-state index in [1.807, 2.05) is 6.07 Å². The maximum atomic E-state index is 10.4. The molecular weight excluding hydrogens is 200 g/mol. The molecule has 0 aromatic carbocycles. The van der Waals surface area contributed by atoms with Gasteiger partial charge in [-0.3, -0.25) is 10.1 Å². The summed E-state index contributed by atoms with van der Waals surface area (Å²) in [7, 11) is 0. The molecule has 0 fully saturated rings. The van der Waals surface area contributed by atoms with Gasteiger partial charge in [-0.05, 0) is 19.0 Å². The lowest BCUT2D eigenvalue weighted by molar-refractivity contribution is -0.380. The average Bonchev–Trinajstić information content (AvgIpc) is 2.61. The summed E-state index contributed by atoms with van der Waals surface area (Å²) in [6.45, 7) is 3.85. The molecule has 0 aliphatic rings. The Labute approximate surface area is 87.1 Å². The second-order valence-electron chi connectivity index (χ2n) is 3.03. The molecule has 5 heteroatoms. The van der Waals surface area contributed by atoms with Gasteiger partial charge in [0, 0.05) is 17.5 Å². The number of thiophene rings is 1. The summed E-state index contributed by atoms with van der Waals surface area (Å²) < 4.78 is 0. The molecule has 1 N–H and O–H groups in total. The van der Waals surface area contributed by atoms with Gasteiger partial charge in [0.15, 0.2) is 0 Å². The summed E-state index contributed by atoms with van der Waals surface area (Å²) in [5, 5.41) is 13.8. The molecular formula is C9H14N2O2S. The molecule has 0 bridgehead atoms. The molecule has 14 heavy (non-hydrogen) atoms. The molecule has 0 amide bonds. The molecule has 78 valence electrons. The first-order chi connectivity index (χ1) is 6.74. The first-order valence-corrected chi connectivity index (χ1v) is 5.49. The summed E-state index contributed by atoms with van der Waals surface area (Å²) in [6.07, 6.45) is 2.31. The van der Waals surface area contributed by atoms with Crippen molar-refractivity contribution in [1.29, 1.82) is 0 Å². The molecule has 0 aliphatic heterocycles. The van der Waals surface area contributed by atoms with E-state index in [1.54, 1.807) is 6.07 Å². The predicted octanol–water partition coefficient (Wildman–Crippen LogP) is 2.55. The third-order valence-corrected chi connectivity index (χ3v) is 2.87. The zero-order chi connectivity index (χ0) is 10.4. The van der Waals surface area contributed by atoms with Crippen LogP contribution in [0.1, 0.15) is 24.6 Å². The van der Waals surface area contributed by atoms with Crippen molar-refractivity contribution >= 4 is 16.3 Å². The average molecular weight is 214 g/mol. The maximum absolute atomic E-state index is 10.4. The summed E-state index contributed by atoms with van der Waals surface area (Å²) in [4.78, 5) is 11.1. The highest BCUT2D eigenvalue weighted by molar-refractivity contribution is 7.15. The second-order valence-corrected chi connectivity index (χ2v) is 4.17. The van der Waals surface area contributed by atoms with Crippen LogP contribution in [0.25, 0.3) is 0 Å². The van der Waals surface area contributed by atoms with Crippen LogP contribution < -0.4 is 5.32 Å². The van der Waals surface area contributed by atoms with E-state index in [4.69, 9.17) is 0 Å². The van der Waals surface area contributed by atoms with Gasteiger partial charge in [-0.25, -0.2) is 0 Å². The Morgan fingerprint density at radius 3 is 2.93 bits per heavy atom. The highest BCUT2D eigenvalue weighted by Crippen LogP contribution is 2.23. The first-order valence-electron chi connectivity index (χ1n) is 4.68. The standard InChI is InChI=1S/C9H14N2O2S/c1-2-3-6-10-7-8-4-5-9(14-8)11(12)13/h4-5,10H,2-3,6-7H2,1H3. The number of hydrogen-bond donors (Lipinski definition) is 1. The smallest absolute Gasteiger partial charge is 0.312 e. The number of nitrogens with one attached hydrogen (secondary N) is 1. The molecule has 0 unspecified atom stereocenters. The molecule has 0 spiro atoms. The van der Waals surface area contributed by atoms with Crippen LogP contribution in [0, 0.1) is 10.1 Å². The van der Waals surface area contributed by atoms with Crippen molar-refractivity contribution in [3.05, 3.63) is 27.1 Å². The van der Waals surface area contributed by atoms with Crippen molar-refractivity contribution in [3.63, 3.8) is 0 Å². The molecule has 4 nitrogen and oxygen atoms in total. The van der Waals surface area contributed by atoms with Gasteiger partial charge in [-0.2, -0.15) is 0 Å². The normalized spacial score (nSPS) is 10.4. The van der Waals surface area contributed by atoms with Gasteiger partial charge in [0.05, 0.1) is 4.92 Å². The molecule has 0 atom stereocenters. The highest BCUT2D eigenvalue weighted by Gasteiger charge is 2.08. The Hall–Kier alpha value is -0.940. The van der Waals surface area contributed by atoms with E-state index in [-0.39, 0.29) is 9.92 Å². The van der Waals surface area contributed by atoms with Gasteiger partial charge in [0.2, 0.25) is 0 Å². The van der Waals surface area contributed by atoms with E-state index in [2.05, 4.69) is 12.2 Å². The van der Waals surface area contributed by atoms with Crippen LogP contribution in [0.2, 0.25) is 0 Å². The Morgan fingerprint density at radius 1 is 1.57 bits per heavy atom. The minimum Gasteiger partial charge on any atom is -0.312 e. The lowest BCUT2D eigenvalue weighted by atomic mass is 10.3. The van der Waals surface area contributed by atoms with Gasteiger partial charge < -0.3 is 5.32 Å². The summed E-state index contributed by atoms with van der Waals surface area (Å²) in [5.41, 5.74) is 0. The van der Waals surface area contributed by atoms with Crippen LogP contribution in [-0.2, 0) is 6.54 Å². The topological polar surface area (TPSA) is 55.2 Å². The van der Waals surface area contributed by atoms with Crippen molar-refractivity contribution in [1.82, 2.24) is 5.32 Å². The zero-order valence-corrected chi connectivity index (χ0v) is 8.97. The third kappa shape index (κ3) is 3.43. The van der Waals surface area contributed by atoms with Crippen LogP contribution in [0.4, 0.5) is 5.00 Å². The summed E-state index contributed by atoms with van der Waals surface area (Å²) in [5.74, 6) is 0. The van der Waals surface area contributed by atoms with Gasteiger partial charge in [-0.15, -0.1) is 0 Å². The first kappa shape index (κ1) is 11.1. The van der Waals surface area contributed by atoms with Crippen molar-refractivity contribution < 1.29 is 4.92 Å². The van der Waals surface area contributed by atoms with Crippen LogP contribution in [0.5, 0.6) is 0 Å². The number of hydrogen-bond acceptors (Lipinski definition) is 4. The number of nitro groups is 1. The highest BCUT2D eigenvalue weighted by atomic mass is 32.1.